The van der Waals surface area contributed by atoms with E-state index in [1.165, 1.54) is 4.90 Å². The maximum Gasteiger partial charge on any atom is 0.434 e. The van der Waals surface area contributed by atoms with Crippen LogP contribution in [-0.4, -0.2) is 46.8 Å². The summed E-state index contributed by atoms with van der Waals surface area (Å²) in [6.45, 7) is 2.55. The minimum absolute atomic E-state index is 0. The molecule has 27 heavy (non-hydrogen) atoms. The van der Waals surface area contributed by atoms with Crippen LogP contribution in [0.25, 0.3) is 5.69 Å². The molecule has 0 bridgehead atoms. The zero-order chi connectivity index (χ0) is 18.9. The van der Waals surface area contributed by atoms with E-state index < -0.39 is 23.3 Å². The molecule has 1 saturated heterocycles. The third-order valence-corrected chi connectivity index (χ3v) is 4.73. The van der Waals surface area contributed by atoms with Crippen molar-refractivity contribution >= 4 is 18.3 Å². The van der Waals surface area contributed by atoms with Gasteiger partial charge in [0.15, 0.2) is 5.69 Å². The van der Waals surface area contributed by atoms with E-state index in [4.69, 9.17) is 0 Å². The summed E-state index contributed by atoms with van der Waals surface area (Å²) in [5.74, 6) is -0.628. The number of hydrogen-bond acceptors (Lipinski definition) is 3. The normalized spacial score (nSPS) is 17.5. The number of halogens is 4. The number of rotatable bonds is 3. The number of hydrogen-bond donors (Lipinski definition) is 1. The van der Waals surface area contributed by atoms with Crippen LogP contribution in [0.3, 0.4) is 0 Å². The van der Waals surface area contributed by atoms with Gasteiger partial charge >= 0.3 is 6.18 Å². The van der Waals surface area contributed by atoms with Crippen LogP contribution in [0.4, 0.5) is 13.2 Å². The van der Waals surface area contributed by atoms with Crippen molar-refractivity contribution in [2.75, 3.05) is 20.1 Å². The van der Waals surface area contributed by atoms with Crippen molar-refractivity contribution in [1.29, 1.82) is 0 Å². The summed E-state index contributed by atoms with van der Waals surface area (Å²) in [4.78, 5) is 14.3. The molecular weight excluding hydrogens is 381 g/mol. The van der Waals surface area contributed by atoms with E-state index in [9.17, 15) is 18.0 Å². The molecule has 5 nitrogen and oxygen atoms in total. The van der Waals surface area contributed by atoms with Crippen molar-refractivity contribution in [1.82, 2.24) is 20.0 Å². The van der Waals surface area contributed by atoms with Crippen LogP contribution in [0.1, 0.15) is 34.5 Å². The standard InChI is InChI=1S/C18H21F3N4O.ClH/c1-12-6-3-4-8-15(12)25-16(18(19,20)21)14(10-23-25)17(26)24-9-5-7-13(11-24)22-2;/h3-4,6,8,10,13,22H,5,7,9,11H2,1-2H3;1H. The second kappa shape index (κ2) is 8.31. The van der Waals surface area contributed by atoms with E-state index in [0.717, 1.165) is 23.7 Å². The van der Waals surface area contributed by atoms with Gasteiger partial charge < -0.3 is 10.2 Å². The van der Waals surface area contributed by atoms with Crippen molar-refractivity contribution in [3.8, 4) is 5.69 Å². The highest BCUT2D eigenvalue weighted by Crippen LogP contribution is 2.35. The summed E-state index contributed by atoms with van der Waals surface area (Å²) < 4.78 is 42.2. The van der Waals surface area contributed by atoms with Gasteiger partial charge in [0.2, 0.25) is 0 Å². The molecule has 1 aromatic carbocycles. The molecule has 1 aliphatic rings. The van der Waals surface area contributed by atoms with E-state index in [1.807, 2.05) is 0 Å². The number of nitrogens with zero attached hydrogens (tertiary/aromatic N) is 3. The Kier molecular flexibility index (Phi) is 6.54. The molecule has 0 spiro atoms. The molecule has 0 radical (unpaired) electrons. The minimum atomic E-state index is -4.69. The number of likely N-dealkylation sites (tertiary alicyclic amines) is 1. The van der Waals surface area contributed by atoms with Crippen molar-refractivity contribution in [3.05, 3.63) is 47.3 Å². The Labute approximate surface area is 161 Å². The number of nitrogens with one attached hydrogen (secondary N) is 1. The molecule has 3 rings (SSSR count). The Bertz CT molecular complexity index is 806. The average Bonchev–Trinajstić information content (AvgIpc) is 3.06. The third kappa shape index (κ3) is 4.27. The van der Waals surface area contributed by atoms with E-state index in [-0.39, 0.29) is 18.4 Å². The van der Waals surface area contributed by atoms with Crippen LogP contribution in [0, 0.1) is 6.92 Å². The van der Waals surface area contributed by atoms with Gasteiger partial charge in [0.05, 0.1) is 17.4 Å². The number of alkyl halides is 3. The van der Waals surface area contributed by atoms with Crippen LogP contribution >= 0.6 is 12.4 Å². The van der Waals surface area contributed by atoms with Gasteiger partial charge in [-0.05, 0) is 38.4 Å². The number of amides is 1. The van der Waals surface area contributed by atoms with E-state index in [0.29, 0.717) is 24.3 Å². The number of piperidine rings is 1. The summed E-state index contributed by atoms with van der Waals surface area (Å²) in [6, 6.07) is 6.75. The van der Waals surface area contributed by atoms with Gasteiger partial charge in [-0.3, -0.25) is 4.79 Å². The molecule has 148 valence electrons. The van der Waals surface area contributed by atoms with Crippen LogP contribution in [-0.2, 0) is 6.18 Å². The Morgan fingerprint density at radius 2 is 2.00 bits per heavy atom. The summed E-state index contributed by atoms with van der Waals surface area (Å²) in [6.07, 6.45) is -2.01. The molecule has 1 aromatic heterocycles. The van der Waals surface area contributed by atoms with Gasteiger partial charge in [-0.2, -0.15) is 18.3 Å². The first-order chi connectivity index (χ1) is 12.3. The molecular formula is C18H22ClF3N4O. The number of para-hydroxylation sites is 1. The Balaban J connectivity index is 0.00000261. The number of aryl methyl sites for hydroxylation is 1. The molecule has 1 fully saturated rings. The molecule has 1 N–H and O–H groups in total. The van der Waals surface area contributed by atoms with Gasteiger partial charge in [-0.25, -0.2) is 4.68 Å². The zero-order valence-corrected chi connectivity index (χ0v) is 15.9. The van der Waals surface area contributed by atoms with Crippen LogP contribution in [0.5, 0.6) is 0 Å². The van der Waals surface area contributed by atoms with Crippen LogP contribution < -0.4 is 5.32 Å². The van der Waals surface area contributed by atoms with Gasteiger partial charge in [-0.15, -0.1) is 12.4 Å². The van der Waals surface area contributed by atoms with Crippen molar-refractivity contribution in [2.24, 2.45) is 0 Å². The second-order valence-electron chi connectivity index (χ2n) is 6.48. The van der Waals surface area contributed by atoms with E-state index in [1.54, 1.807) is 38.2 Å². The van der Waals surface area contributed by atoms with Crippen LogP contribution in [0.15, 0.2) is 30.5 Å². The maximum atomic E-state index is 13.8. The van der Waals surface area contributed by atoms with Crippen molar-refractivity contribution in [3.63, 3.8) is 0 Å². The molecule has 1 aliphatic heterocycles. The maximum absolute atomic E-state index is 13.8. The fourth-order valence-electron chi connectivity index (χ4n) is 3.33. The molecule has 9 heteroatoms. The fourth-order valence-corrected chi connectivity index (χ4v) is 3.33. The molecule has 0 aliphatic carbocycles. The minimum Gasteiger partial charge on any atom is -0.337 e. The first kappa shape index (κ1) is 21.2. The highest BCUT2D eigenvalue weighted by Gasteiger charge is 2.42. The monoisotopic (exact) mass is 402 g/mol. The van der Waals surface area contributed by atoms with Gasteiger partial charge in [0.1, 0.15) is 0 Å². The Morgan fingerprint density at radius 1 is 1.30 bits per heavy atom. The Morgan fingerprint density at radius 3 is 2.63 bits per heavy atom. The predicted octanol–water partition coefficient (Wildman–Crippen LogP) is 3.45. The SMILES string of the molecule is CNC1CCCN(C(=O)c2cnn(-c3ccccc3C)c2C(F)(F)F)C1.Cl. The second-order valence-corrected chi connectivity index (χ2v) is 6.48. The van der Waals surface area contributed by atoms with Gasteiger partial charge in [0, 0.05) is 19.1 Å². The lowest BCUT2D eigenvalue weighted by Gasteiger charge is -2.32. The lowest BCUT2D eigenvalue weighted by molar-refractivity contribution is -0.143. The highest BCUT2D eigenvalue weighted by molar-refractivity contribution is 5.95. The first-order valence-corrected chi connectivity index (χ1v) is 8.50. The number of carbonyl (C=O) groups excluding carboxylic acids is 1. The number of carbonyl (C=O) groups is 1. The molecule has 0 saturated carbocycles. The van der Waals surface area contributed by atoms with Gasteiger partial charge in [0.25, 0.3) is 5.91 Å². The fraction of sp³-hybridized carbons (Fsp3) is 0.444. The highest BCUT2D eigenvalue weighted by atomic mass is 35.5. The summed E-state index contributed by atoms with van der Waals surface area (Å²) >= 11 is 0. The van der Waals surface area contributed by atoms with E-state index >= 15 is 0 Å². The lowest BCUT2D eigenvalue weighted by Crippen LogP contribution is -2.47. The summed E-state index contributed by atoms with van der Waals surface area (Å²) in [7, 11) is 1.79. The third-order valence-electron chi connectivity index (χ3n) is 4.73. The molecule has 2 aromatic rings. The van der Waals surface area contributed by atoms with Gasteiger partial charge in [-0.1, -0.05) is 18.2 Å². The molecule has 2 heterocycles. The number of benzene rings is 1. The first-order valence-electron chi connectivity index (χ1n) is 8.50. The number of likely N-dealkylation sites (N-methyl/N-ethyl adjacent to an activating group) is 1. The smallest absolute Gasteiger partial charge is 0.337 e. The molecule has 1 unspecified atom stereocenters. The van der Waals surface area contributed by atoms with Crippen molar-refractivity contribution < 1.29 is 18.0 Å². The van der Waals surface area contributed by atoms with Crippen molar-refractivity contribution in [2.45, 2.75) is 32.0 Å². The van der Waals surface area contributed by atoms with Crippen LogP contribution in [0.2, 0.25) is 0 Å². The zero-order valence-electron chi connectivity index (χ0n) is 15.1. The lowest BCUT2D eigenvalue weighted by atomic mass is 10.0. The predicted molar refractivity (Wildman–Crippen MR) is 98.5 cm³/mol. The Hall–Kier alpha value is -2.06. The number of aromatic nitrogens is 2. The topological polar surface area (TPSA) is 50.2 Å². The molecule has 1 atom stereocenters. The van der Waals surface area contributed by atoms with E-state index in [2.05, 4.69) is 10.4 Å². The average molecular weight is 403 g/mol. The molecule has 1 amide bonds. The largest absolute Gasteiger partial charge is 0.434 e. The quantitative estimate of drug-likeness (QED) is 0.855. The summed E-state index contributed by atoms with van der Waals surface area (Å²) in [5.41, 5.74) is -0.472. The summed E-state index contributed by atoms with van der Waals surface area (Å²) in [5, 5.41) is 6.99.